The Morgan fingerprint density at radius 1 is 1.16 bits per heavy atom. The zero-order valence-electron chi connectivity index (χ0n) is 14.7. The molecule has 2 atom stereocenters. The van der Waals surface area contributed by atoms with Gasteiger partial charge in [0.25, 0.3) is 0 Å². The number of rotatable bonds is 6. The summed E-state index contributed by atoms with van der Waals surface area (Å²) in [7, 11) is 0. The van der Waals surface area contributed by atoms with Gasteiger partial charge < -0.3 is 15.5 Å². The van der Waals surface area contributed by atoms with Gasteiger partial charge in [0.1, 0.15) is 6.04 Å². The molecule has 6 heteroatoms. The average molecular weight is 343 g/mol. The van der Waals surface area contributed by atoms with E-state index in [2.05, 4.69) is 10.6 Å². The molecule has 2 aliphatic rings. The Kier molecular flexibility index (Phi) is 5.06. The lowest BCUT2D eigenvalue weighted by Crippen LogP contribution is -2.51. The number of amides is 3. The minimum atomic E-state index is -0.561. The van der Waals surface area contributed by atoms with Gasteiger partial charge in [-0.1, -0.05) is 32.0 Å². The van der Waals surface area contributed by atoms with E-state index in [1.165, 1.54) is 0 Å². The fourth-order valence-corrected chi connectivity index (χ4v) is 3.07. The normalized spacial score (nSPS) is 21.3. The smallest absolute Gasteiger partial charge is 0.243 e. The number of hydrogen-bond donors (Lipinski definition) is 2. The third-order valence-corrected chi connectivity index (χ3v) is 4.73. The number of nitrogens with one attached hydrogen (secondary N) is 2. The van der Waals surface area contributed by atoms with Crippen LogP contribution in [-0.2, 0) is 14.4 Å². The highest BCUT2D eigenvalue weighted by atomic mass is 16.2. The van der Waals surface area contributed by atoms with Crippen molar-refractivity contribution in [2.45, 2.75) is 45.2 Å². The van der Waals surface area contributed by atoms with Crippen LogP contribution in [0.4, 0.5) is 5.69 Å². The first-order chi connectivity index (χ1) is 12.0. The van der Waals surface area contributed by atoms with Crippen LogP contribution >= 0.6 is 0 Å². The quantitative estimate of drug-likeness (QED) is 0.821. The highest BCUT2D eigenvalue weighted by Gasteiger charge is 2.37. The lowest BCUT2D eigenvalue weighted by Gasteiger charge is -2.23. The van der Waals surface area contributed by atoms with E-state index in [1.807, 2.05) is 44.2 Å². The van der Waals surface area contributed by atoms with Crippen molar-refractivity contribution in [3.05, 3.63) is 30.3 Å². The monoisotopic (exact) mass is 343 g/mol. The molecular weight excluding hydrogens is 318 g/mol. The Morgan fingerprint density at radius 2 is 1.84 bits per heavy atom. The number of carbonyl (C=O) groups is 3. The molecule has 0 radical (unpaired) electrons. The average Bonchev–Trinajstić information content (AvgIpc) is 3.31. The Hall–Kier alpha value is -2.37. The summed E-state index contributed by atoms with van der Waals surface area (Å²) in [6.45, 7) is 4.17. The van der Waals surface area contributed by atoms with Crippen molar-refractivity contribution in [3.63, 3.8) is 0 Å². The van der Waals surface area contributed by atoms with Crippen LogP contribution in [0, 0.1) is 11.8 Å². The summed E-state index contributed by atoms with van der Waals surface area (Å²) in [4.78, 5) is 38.9. The number of carbonyl (C=O) groups excluding carboxylic acids is 3. The van der Waals surface area contributed by atoms with Crippen LogP contribution < -0.4 is 15.5 Å². The standard InChI is InChI=1S/C19H25N3O3/c1-12(2)17(19(25)20-14-8-9-14)21-18(24)13-10-16(23)22(11-13)15-6-4-3-5-7-15/h3-7,12-14,17H,8-11H2,1-2H3,(H,20,25)(H,21,24)/t13?,17-/m0/s1. The molecule has 0 spiro atoms. The SMILES string of the molecule is CC(C)[C@H](NC(=O)C1CC(=O)N(c2ccccc2)C1)C(=O)NC1CC1. The number of benzene rings is 1. The fourth-order valence-electron chi connectivity index (χ4n) is 3.07. The van der Waals surface area contributed by atoms with Crippen molar-refractivity contribution in [3.8, 4) is 0 Å². The number of para-hydroxylation sites is 1. The van der Waals surface area contributed by atoms with Gasteiger partial charge in [-0.15, -0.1) is 0 Å². The highest BCUT2D eigenvalue weighted by Crippen LogP contribution is 2.25. The lowest BCUT2D eigenvalue weighted by molar-refractivity contribution is -0.132. The number of anilines is 1. The first kappa shape index (κ1) is 17.5. The van der Waals surface area contributed by atoms with Crippen LogP contribution in [0.2, 0.25) is 0 Å². The summed E-state index contributed by atoms with van der Waals surface area (Å²) in [5, 5.41) is 5.80. The minimum Gasteiger partial charge on any atom is -0.352 e. The Bertz CT molecular complexity index is 655. The molecule has 2 N–H and O–H groups in total. The van der Waals surface area contributed by atoms with E-state index in [0.717, 1.165) is 18.5 Å². The lowest BCUT2D eigenvalue weighted by atomic mass is 10.0. The van der Waals surface area contributed by atoms with E-state index < -0.39 is 12.0 Å². The van der Waals surface area contributed by atoms with Crippen molar-refractivity contribution < 1.29 is 14.4 Å². The van der Waals surface area contributed by atoms with Gasteiger partial charge in [0.2, 0.25) is 17.7 Å². The molecule has 1 aromatic rings. The van der Waals surface area contributed by atoms with Crippen molar-refractivity contribution in [2.75, 3.05) is 11.4 Å². The van der Waals surface area contributed by atoms with Crippen LogP contribution in [0.5, 0.6) is 0 Å². The van der Waals surface area contributed by atoms with Crippen LogP contribution in [0.15, 0.2) is 30.3 Å². The molecule has 25 heavy (non-hydrogen) atoms. The fraction of sp³-hybridized carbons (Fsp3) is 0.526. The molecule has 1 unspecified atom stereocenters. The Labute approximate surface area is 148 Å². The maximum Gasteiger partial charge on any atom is 0.243 e. The molecule has 1 saturated carbocycles. The molecule has 134 valence electrons. The van der Waals surface area contributed by atoms with Crippen LogP contribution in [-0.4, -0.2) is 36.3 Å². The molecular formula is C19H25N3O3. The molecule has 0 aromatic heterocycles. The van der Waals surface area contributed by atoms with Crippen molar-refractivity contribution in [1.29, 1.82) is 0 Å². The zero-order valence-corrected chi connectivity index (χ0v) is 14.7. The maximum absolute atomic E-state index is 12.6. The van der Waals surface area contributed by atoms with Crippen LogP contribution in [0.3, 0.4) is 0 Å². The molecule has 6 nitrogen and oxygen atoms in total. The summed E-state index contributed by atoms with van der Waals surface area (Å²) in [5.74, 6) is -0.853. The second kappa shape index (κ2) is 7.25. The van der Waals surface area contributed by atoms with Gasteiger partial charge in [-0.2, -0.15) is 0 Å². The minimum absolute atomic E-state index is 0.00923. The van der Waals surface area contributed by atoms with Gasteiger partial charge in [0, 0.05) is 24.7 Å². The molecule has 2 fully saturated rings. The van der Waals surface area contributed by atoms with Gasteiger partial charge in [0.05, 0.1) is 5.92 Å². The molecule has 1 aliphatic heterocycles. The topological polar surface area (TPSA) is 78.5 Å². The van der Waals surface area contributed by atoms with Crippen molar-refractivity contribution in [1.82, 2.24) is 10.6 Å². The maximum atomic E-state index is 12.6. The summed E-state index contributed by atoms with van der Waals surface area (Å²) in [6, 6.07) is 9.04. The predicted molar refractivity (Wildman–Crippen MR) is 94.8 cm³/mol. The molecule has 1 saturated heterocycles. The third-order valence-electron chi connectivity index (χ3n) is 4.73. The highest BCUT2D eigenvalue weighted by molar-refractivity contribution is 6.01. The molecule has 3 amide bonds. The van der Waals surface area contributed by atoms with E-state index in [1.54, 1.807) is 4.90 Å². The molecule has 1 aliphatic carbocycles. The Balaban J connectivity index is 1.62. The first-order valence-corrected chi connectivity index (χ1v) is 8.92. The van der Waals surface area contributed by atoms with E-state index in [9.17, 15) is 14.4 Å². The van der Waals surface area contributed by atoms with Gasteiger partial charge in [-0.25, -0.2) is 0 Å². The van der Waals surface area contributed by atoms with Gasteiger partial charge in [-0.3, -0.25) is 14.4 Å². The predicted octanol–water partition coefficient (Wildman–Crippen LogP) is 1.46. The van der Waals surface area contributed by atoms with Crippen LogP contribution in [0.25, 0.3) is 0 Å². The molecule has 3 rings (SSSR count). The zero-order chi connectivity index (χ0) is 18.0. The van der Waals surface area contributed by atoms with E-state index in [4.69, 9.17) is 0 Å². The van der Waals surface area contributed by atoms with Crippen molar-refractivity contribution >= 4 is 23.4 Å². The number of hydrogen-bond acceptors (Lipinski definition) is 3. The van der Waals surface area contributed by atoms with Crippen molar-refractivity contribution in [2.24, 2.45) is 11.8 Å². The second-order valence-corrected chi connectivity index (χ2v) is 7.25. The summed E-state index contributed by atoms with van der Waals surface area (Å²) in [6.07, 6.45) is 2.19. The van der Waals surface area contributed by atoms with E-state index in [-0.39, 0.29) is 36.1 Å². The van der Waals surface area contributed by atoms with Gasteiger partial charge in [0.15, 0.2) is 0 Å². The van der Waals surface area contributed by atoms with Gasteiger partial charge >= 0.3 is 0 Å². The first-order valence-electron chi connectivity index (χ1n) is 8.92. The third kappa shape index (κ3) is 4.18. The second-order valence-electron chi connectivity index (χ2n) is 7.25. The van der Waals surface area contributed by atoms with E-state index in [0.29, 0.717) is 6.54 Å². The van der Waals surface area contributed by atoms with Gasteiger partial charge in [-0.05, 0) is 30.9 Å². The summed E-state index contributed by atoms with van der Waals surface area (Å²) < 4.78 is 0. The summed E-state index contributed by atoms with van der Waals surface area (Å²) >= 11 is 0. The molecule has 0 bridgehead atoms. The number of nitrogens with zero attached hydrogens (tertiary/aromatic N) is 1. The largest absolute Gasteiger partial charge is 0.352 e. The molecule has 1 heterocycles. The van der Waals surface area contributed by atoms with E-state index >= 15 is 0 Å². The molecule has 1 aromatic carbocycles. The summed E-state index contributed by atoms with van der Waals surface area (Å²) in [5.41, 5.74) is 0.801. The Morgan fingerprint density at radius 3 is 2.44 bits per heavy atom. The van der Waals surface area contributed by atoms with Crippen LogP contribution in [0.1, 0.15) is 33.1 Å².